The predicted octanol–water partition coefficient (Wildman–Crippen LogP) is 4.47. The molecule has 228 valence electrons. The number of aromatic amines is 1. The average Bonchev–Trinajstić information content (AvgIpc) is 3.54. The summed E-state index contributed by atoms with van der Waals surface area (Å²) in [6.07, 6.45) is 10.8. The SMILES string of the molecule is C/C=C/C=C/c1cc2c(-c3cccnc3)c3c(c(O)c2c(=O)[nH]1)[C@@]1(CC3)C(=O)c2c(O)c3c(c(O)c2C1=O)C(=O)C(OC)=CC3=O. The van der Waals surface area contributed by atoms with Crippen LogP contribution in [0.5, 0.6) is 17.2 Å². The second-order valence-electron chi connectivity index (χ2n) is 11.2. The van der Waals surface area contributed by atoms with Crippen molar-refractivity contribution >= 4 is 40.0 Å². The van der Waals surface area contributed by atoms with Crippen LogP contribution in [0, 0.1) is 0 Å². The molecule has 11 heteroatoms. The molecule has 0 unspecified atom stereocenters. The Morgan fingerprint density at radius 3 is 2.30 bits per heavy atom. The van der Waals surface area contributed by atoms with Crippen molar-refractivity contribution in [1.29, 1.82) is 0 Å². The summed E-state index contributed by atoms with van der Waals surface area (Å²) in [7, 11) is 1.14. The van der Waals surface area contributed by atoms with Gasteiger partial charge in [0, 0.05) is 40.7 Å². The fourth-order valence-electron chi connectivity index (χ4n) is 7.06. The summed E-state index contributed by atoms with van der Waals surface area (Å²) in [5.41, 5.74) is -3.70. The topological polar surface area (TPSA) is 184 Å². The first-order valence-corrected chi connectivity index (χ1v) is 14.3. The Labute approximate surface area is 259 Å². The molecule has 2 aromatic heterocycles. The minimum absolute atomic E-state index is 0.0829. The van der Waals surface area contributed by atoms with Crippen molar-refractivity contribution in [1.82, 2.24) is 9.97 Å². The summed E-state index contributed by atoms with van der Waals surface area (Å²) in [5.74, 6) is -6.73. The van der Waals surface area contributed by atoms with Crippen LogP contribution in [0.1, 0.15) is 71.6 Å². The van der Waals surface area contributed by atoms with E-state index in [1.807, 2.05) is 13.0 Å². The van der Waals surface area contributed by atoms with Gasteiger partial charge in [-0.2, -0.15) is 0 Å². The molecular formula is C35H24N2O9. The zero-order valence-corrected chi connectivity index (χ0v) is 24.4. The third kappa shape index (κ3) is 3.53. The van der Waals surface area contributed by atoms with E-state index in [-0.39, 0.29) is 23.8 Å². The maximum absolute atomic E-state index is 14.5. The number of ether oxygens (including phenoxy) is 1. The number of ketones is 4. The first-order valence-electron chi connectivity index (χ1n) is 14.3. The van der Waals surface area contributed by atoms with E-state index < -0.39 is 79.4 Å². The maximum Gasteiger partial charge on any atom is 0.260 e. The zero-order valence-electron chi connectivity index (χ0n) is 24.4. The van der Waals surface area contributed by atoms with Crippen LogP contribution in [0.3, 0.4) is 0 Å². The van der Waals surface area contributed by atoms with Gasteiger partial charge in [-0.25, -0.2) is 0 Å². The van der Waals surface area contributed by atoms with Crippen molar-refractivity contribution in [2.75, 3.05) is 7.11 Å². The summed E-state index contributed by atoms with van der Waals surface area (Å²) in [5, 5.41) is 34.6. The number of allylic oxidation sites excluding steroid dienone is 5. The molecule has 4 N–H and O–H groups in total. The molecule has 3 aliphatic carbocycles. The van der Waals surface area contributed by atoms with Gasteiger partial charge in [0.2, 0.25) is 5.78 Å². The highest BCUT2D eigenvalue weighted by Crippen LogP contribution is 2.59. The lowest BCUT2D eigenvalue weighted by Gasteiger charge is -2.24. The smallest absolute Gasteiger partial charge is 0.260 e. The summed E-state index contributed by atoms with van der Waals surface area (Å²) in [6, 6.07) is 5.11. The molecule has 2 aromatic carbocycles. The summed E-state index contributed by atoms with van der Waals surface area (Å²) in [4.78, 5) is 75.5. The first kappa shape index (κ1) is 28.7. The Bertz CT molecular complexity index is 2280. The Hall–Kier alpha value is -6.10. The number of carbonyl (C=O) groups is 4. The van der Waals surface area contributed by atoms with E-state index in [0.717, 1.165) is 13.2 Å². The van der Waals surface area contributed by atoms with Gasteiger partial charge in [-0.1, -0.05) is 24.3 Å². The lowest BCUT2D eigenvalue weighted by molar-refractivity contribution is 0.0790. The van der Waals surface area contributed by atoms with Crippen molar-refractivity contribution in [2.45, 2.75) is 25.2 Å². The number of H-pyrrole nitrogens is 1. The van der Waals surface area contributed by atoms with Gasteiger partial charge in [0.15, 0.2) is 23.1 Å². The number of Topliss-reactive ketones (excluding diaryl/α,β-unsaturated/α-hetero) is 3. The highest BCUT2D eigenvalue weighted by Gasteiger charge is 2.62. The number of pyridine rings is 2. The Kier molecular flexibility index (Phi) is 6.21. The van der Waals surface area contributed by atoms with Crippen LogP contribution in [0.15, 0.2) is 65.5 Å². The van der Waals surface area contributed by atoms with E-state index in [1.165, 1.54) is 0 Å². The van der Waals surface area contributed by atoms with Gasteiger partial charge >= 0.3 is 0 Å². The number of phenolic OH excluding ortho intramolecular Hbond substituents is 3. The van der Waals surface area contributed by atoms with E-state index in [9.17, 15) is 39.3 Å². The quantitative estimate of drug-likeness (QED) is 0.145. The molecule has 4 aromatic rings. The van der Waals surface area contributed by atoms with Crippen LogP contribution < -0.4 is 5.56 Å². The van der Waals surface area contributed by atoms with Gasteiger partial charge < -0.3 is 25.0 Å². The molecule has 2 heterocycles. The summed E-state index contributed by atoms with van der Waals surface area (Å²) in [6.45, 7) is 1.84. The largest absolute Gasteiger partial charge is 0.507 e. The van der Waals surface area contributed by atoms with Crippen LogP contribution in [-0.4, -0.2) is 55.5 Å². The van der Waals surface area contributed by atoms with Crippen LogP contribution in [-0.2, 0) is 16.6 Å². The number of rotatable bonds is 4. The van der Waals surface area contributed by atoms with Gasteiger partial charge in [0.1, 0.15) is 22.7 Å². The highest BCUT2D eigenvalue weighted by atomic mass is 16.5. The van der Waals surface area contributed by atoms with E-state index in [4.69, 9.17) is 4.74 Å². The number of benzene rings is 2. The zero-order chi connectivity index (χ0) is 32.7. The number of nitrogens with zero attached hydrogens (tertiary/aromatic N) is 1. The van der Waals surface area contributed by atoms with Crippen molar-refractivity contribution < 1.29 is 39.2 Å². The standard InChI is InChI=1S/C35H24N2O9/c1-3-4-5-8-16-12-18-21(15-7-6-11-36-14-15)17-9-10-35(27(17)31(42)22(18)34(45)37-16)32(43)25-26(33(35)44)30(41)24-23(29(25)40)19(38)13-20(46-2)28(24)39/h3-8,11-14,40-42H,9-10H2,1-2H3,(H,37,45)/b4-3+,8-5+/t35-/m0/s1. The Morgan fingerprint density at radius 2 is 1.65 bits per heavy atom. The second-order valence-corrected chi connectivity index (χ2v) is 11.2. The predicted molar refractivity (Wildman–Crippen MR) is 165 cm³/mol. The number of methoxy groups -OCH3 is 1. The van der Waals surface area contributed by atoms with Crippen LogP contribution in [0.2, 0.25) is 0 Å². The molecule has 3 aliphatic rings. The van der Waals surface area contributed by atoms with Crippen molar-refractivity contribution in [3.8, 4) is 28.4 Å². The van der Waals surface area contributed by atoms with Gasteiger partial charge in [0.25, 0.3) is 5.56 Å². The van der Waals surface area contributed by atoms with Crippen molar-refractivity contribution in [3.63, 3.8) is 0 Å². The van der Waals surface area contributed by atoms with E-state index in [0.29, 0.717) is 27.8 Å². The van der Waals surface area contributed by atoms with Crippen molar-refractivity contribution in [2.24, 2.45) is 0 Å². The second kappa shape index (κ2) is 9.96. The number of phenols is 3. The molecule has 11 nitrogen and oxygen atoms in total. The molecule has 7 rings (SSSR count). The third-order valence-electron chi connectivity index (χ3n) is 8.96. The Morgan fingerprint density at radius 1 is 0.935 bits per heavy atom. The maximum atomic E-state index is 14.5. The number of aromatic nitrogens is 2. The van der Waals surface area contributed by atoms with Crippen molar-refractivity contribution in [3.05, 3.63) is 110 Å². The summed E-state index contributed by atoms with van der Waals surface area (Å²) >= 11 is 0. The van der Waals surface area contributed by atoms with E-state index in [2.05, 4.69) is 9.97 Å². The number of carbonyl (C=O) groups excluding carboxylic acids is 4. The van der Waals surface area contributed by atoms with Crippen LogP contribution >= 0.6 is 0 Å². The van der Waals surface area contributed by atoms with Gasteiger partial charge in [-0.3, -0.25) is 29.0 Å². The number of hydrogen-bond donors (Lipinski definition) is 4. The molecule has 0 amide bonds. The lowest BCUT2D eigenvalue weighted by Crippen LogP contribution is -2.36. The van der Waals surface area contributed by atoms with E-state index >= 15 is 0 Å². The molecule has 0 aliphatic heterocycles. The molecule has 0 bridgehead atoms. The molecule has 0 radical (unpaired) electrons. The Balaban J connectivity index is 1.55. The third-order valence-corrected chi connectivity index (χ3v) is 8.96. The minimum Gasteiger partial charge on any atom is -0.507 e. The van der Waals surface area contributed by atoms with Crippen LogP contribution in [0.25, 0.3) is 28.0 Å². The number of nitrogens with one attached hydrogen (secondary N) is 1. The molecule has 46 heavy (non-hydrogen) atoms. The van der Waals surface area contributed by atoms with Gasteiger partial charge in [0.05, 0.1) is 34.7 Å². The van der Waals surface area contributed by atoms with E-state index in [1.54, 1.807) is 48.8 Å². The number of fused-ring (bicyclic) bond motifs is 5. The molecule has 0 fully saturated rings. The molecular weight excluding hydrogens is 592 g/mol. The monoisotopic (exact) mass is 616 g/mol. The lowest BCUT2D eigenvalue weighted by atomic mass is 9.75. The van der Waals surface area contributed by atoms with Crippen LogP contribution in [0.4, 0.5) is 0 Å². The fourth-order valence-corrected chi connectivity index (χ4v) is 7.06. The average molecular weight is 617 g/mol. The molecule has 1 atom stereocenters. The fraction of sp³-hybridized carbons (Fsp3) is 0.143. The highest BCUT2D eigenvalue weighted by molar-refractivity contribution is 6.39. The first-order chi connectivity index (χ1) is 22.1. The minimum atomic E-state index is -2.17. The summed E-state index contributed by atoms with van der Waals surface area (Å²) < 4.78 is 4.96. The van der Waals surface area contributed by atoms with Gasteiger partial charge in [-0.05, 0) is 49.1 Å². The number of hydrogen-bond acceptors (Lipinski definition) is 10. The molecule has 0 saturated carbocycles. The molecule has 0 saturated heterocycles. The van der Waals surface area contributed by atoms with Gasteiger partial charge in [-0.15, -0.1) is 0 Å². The number of aromatic hydroxyl groups is 3. The molecule has 1 spiro atoms. The normalized spacial score (nSPS) is 18.6.